The van der Waals surface area contributed by atoms with Crippen molar-refractivity contribution in [3.8, 4) is 0 Å². The molecule has 1 aliphatic rings. The van der Waals surface area contributed by atoms with Gasteiger partial charge in [-0.05, 0) is 31.2 Å². The third-order valence-corrected chi connectivity index (χ3v) is 5.67. The number of anilines is 1. The highest BCUT2D eigenvalue weighted by molar-refractivity contribution is 8.00. The number of carbonyl (C=O) groups is 1. The maximum absolute atomic E-state index is 12.8. The molecule has 1 aliphatic heterocycles. The lowest BCUT2D eigenvalue weighted by Gasteiger charge is -2.37. The molecule has 3 heterocycles. The van der Waals surface area contributed by atoms with Crippen molar-refractivity contribution in [1.82, 2.24) is 19.5 Å². The van der Waals surface area contributed by atoms with E-state index in [1.54, 1.807) is 0 Å². The standard InChI is InChI=1S/C19H21N5OS/c1-15(26-19-21-20-17-9-5-6-10-24(17)19)18(25)23-13-11-22(12-14-23)16-7-3-2-4-8-16/h2-10,15H,11-14H2,1H3/t15-/m1/s1. The average molecular weight is 367 g/mol. The van der Waals surface area contributed by atoms with Crippen molar-refractivity contribution in [1.29, 1.82) is 0 Å². The number of thioether (sulfide) groups is 1. The van der Waals surface area contributed by atoms with E-state index in [-0.39, 0.29) is 11.2 Å². The molecule has 3 aromatic rings. The normalized spacial score (nSPS) is 16.0. The number of piperazine rings is 1. The van der Waals surface area contributed by atoms with E-state index < -0.39 is 0 Å². The smallest absolute Gasteiger partial charge is 0.236 e. The summed E-state index contributed by atoms with van der Waals surface area (Å²) in [5.74, 6) is 0.162. The first kappa shape index (κ1) is 16.9. The van der Waals surface area contributed by atoms with Crippen LogP contribution in [0.3, 0.4) is 0 Å². The van der Waals surface area contributed by atoms with Crippen LogP contribution in [0.2, 0.25) is 0 Å². The molecule has 4 rings (SSSR count). The Hall–Kier alpha value is -2.54. The minimum Gasteiger partial charge on any atom is -0.368 e. The van der Waals surface area contributed by atoms with Crippen LogP contribution in [-0.2, 0) is 4.79 Å². The van der Waals surface area contributed by atoms with Crippen LogP contribution in [0, 0.1) is 0 Å². The van der Waals surface area contributed by atoms with Crippen LogP contribution in [0.1, 0.15) is 6.92 Å². The molecular weight excluding hydrogens is 346 g/mol. The number of aromatic nitrogens is 3. The number of para-hydroxylation sites is 1. The number of fused-ring (bicyclic) bond motifs is 1. The second-order valence-electron chi connectivity index (χ2n) is 6.32. The monoisotopic (exact) mass is 367 g/mol. The third-order valence-electron chi connectivity index (χ3n) is 4.63. The van der Waals surface area contributed by atoms with Gasteiger partial charge in [-0.3, -0.25) is 9.20 Å². The van der Waals surface area contributed by atoms with Gasteiger partial charge in [-0.1, -0.05) is 36.0 Å². The van der Waals surface area contributed by atoms with Crippen molar-refractivity contribution in [3.63, 3.8) is 0 Å². The highest BCUT2D eigenvalue weighted by atomic mass is 32.2. The van der Waals surface area contributed by atoms with Gasteiger partial charge >= 0.3 is 0 Å². The van der Waals surface area contributed by atoms with Crippen LogP contribution >= 0.6 is 11.8 Å². The van der Waals surface area contributed by atoms with Crippen LogP contribution in [0.4, 0.5) is 5.69 Å². The zero-order valence-corrected chi connectivity index (χ0v) is 15.5. The fourth-order valence-electron chi connectivity index (χ4n) is 3.19. The highest BCUT2D eigenvalue weighted by Gasteiger charge is 2.26. The summed E-state index contributed by atoms with van der Waals surface area (Å²) >= 11 is 1.46. The topological polar surface area (TPSA) is 53.7 Å². The number of benzene rings is 1. The number of nitrogens with zero attached hydrogens (tertiary/aromatic N) is 5. The van der Waals surface area contributed by atoms with Crippen molar-refractivity contribution < 1.29 is 4.79 Å². The highest BCUT2D eigenvalue weighted by Crippen LogP contribution is 2.24. The molecule has 1 amide bonds. The Morgan fingerprint density at radius 2 is 1.73 bits per heavy atom. The van der Waals surface area contributed by atoms with Crippen LogP contribution in [0.5, 0.6) is 0 Å². The first-order valence-electron chi connectivity index (χ1n) is 8.77. The minimum atomic E-state index is -0.189. The second kappa shape index (κ2) is 7.37. The molecular formula is C19H21N5OS. The molecule has 0 spiro atoms. The van der Waals surface area contributed by atoms with Gasteiger partial charge in [0.05, 0.1) is 5.25 Å². The number of rotatable bonds is 4. The van der Waals surface area contributed by atoms with Crippen molar-refractivity contribution in [2.24, 2.45) is 0 Å². The molecule has 0 aliphatic carbocycles. The van der Waals surface area contributed by atoms with Crippen LogP contribution in [0.25, 0.3) is 5.65 Å². The molecule has 6 nitrogen and oxygen atoms in total. The molecule has 134 valence electrons. The number of pyridine rings is 1. The molecule has 1 aromatic carbocycles. The van der Waals surface area contributed by atoms with E-state index in [2.05, 4.69) is 39.4 Å². The quantitative estimate of drug-likeness (QED) is 0.664. The molecule has 0 radical (unpaired) electrons. The number of hydrogen-bond acceptors (Lipinski definition) is 5. The van der Waals surface area contributed by atoms with Gasteiger partial charge in [0, 0.05) is 38.1 Å². The lowest BCUT2D eigenvalue weighted by atomic mass is 10.2. The van der Waals surface area contributed by atoms with Crippen LogP contribution in [0.15, 0.2) is 59.9 Å². The van der Waals surface area contributed by atoms with Gasteiger partial charge in [-0.2, -0.15) is 0 Å². The molecule has 2 aromatic heterocycles. The van der Waals surface area contributed by atoms with Gasteiger partial charge < -0.3 is 9.80 Å². The van der Waals surface area contributed by atoms with Gasteiger partial charge in [-0.25, -0.2) is 0 Å². The molecule has 1 atom stereocenters. The van der Waals surface area contributed by atoms with E-state index in [0.29, 0.717) is 0 Å². The van der Waals surface area contributed by atoms with Gasteiger partial charge in [0.15, 0.2) is 10.8 Å². The fraction of sp³-hybridized carbons (Fsp3) is 0.316. The molecule has 1 saturated heterocycles. The average Bonchev–Trinajstić information content (AvgIpc) is 3.11. The van der Waals surface area contributed by atoms with Gasteiger partial charge in [-0.15, -0.1) is 10.2 Å². The Morgan fingerprint density at radius 3 is 2.50 bits per heavy atom. The summed E-state index contributed by atoms with van der Waals surface area (Å²) in [5.41, 5.74) is 2.02. The third kappa shape index (κ3) is 3.39. The predicted molar refractivity (Wildman–Crippen MR) is 104 cm³/mol. The summed E-state index contributed by atoms with van der Waals surface area (Å²) in [6, 6.07) is 16.1. The maximum atomic E-state index is 12.8. The van der Waals surface area contributed by atoms with Crippen molar-refractivity contribution >= 4 is 29.0 Å². The number of hydrogen-bond donors (Lipinski definition) is 0. The van der Waals surface area contributed by atoms with E-state index >= 15 is 0 Å². The summed E-state index contributed by atoms with van der Waals surface area (Å²) in [5, 5.41) is 8.92. The predicted octanol–water partition coefficient (Wildman–Crippen LogP) is 2.56. The molecule has 0 unspecified atom stereocenters. The molecule has 0 N–H and O–H groups in total. The number of carbonyl (C=O) groups excluding carboxylic acids is 1. The van der Waals surface area contributed by atoms with Gasteiger partial charge in [0.1, 0.15) is 0 Å². The fourth-order valence-corrected chi connectivity index (χ4v) is 4.11. The summed E-state index contributed by atoms with van der Waals surface area (Å²) in [7, 11) is 0. The zero-order chi connectivity index (χ0) is 17.9. The minimum absolute atomic E-state index is 0.162. The molecule has 7 heteroatoms. The van der Waals surface area contributed by atoms with Gasteiger partial charge in [0.2, 0.25) is 5.91 Å². The van der Waals surface area contributed by atoms with Crippen molar-refractivity contribution in [2.75, 3.05) is 31.1 Å². The molecule has 0 bridgehead atoms. The summed E-state index contributed by atoms with van der Waals surface area (Å²) in [6.45, 7) is 5.17. The van der Waals surface area contributed by atoms with Crippen molar-refractivity contribution in [2.45, 2.75) is 17.3 Å². The Labute approximate surface area is 156 Å². The van der Waals surface area contributed by atoms with E-state index in [1.807, 2.05) is 46.7 Å². The summed E-state index contributed by atoms with van der Waals surface area (Å²) in [4.78, 5) is 17.1. The Bertz CT molecular complexity index is 889. The Balaban J connectivity index is 1.37. The maximum Gasteiger partial charge on any atom is 0.236 e. The SMILES string of the molecule is C[C@@H](Sc1nnc2ccccn12)C(=O)N1CCN(c2ccccc2)CC1. The lowest BCUT2D eigenvalue weighted by molar-refractivity contribution is -0.130. The lowest BCUT2D eigenvalue weighted by Crippen LogP contribution is -2.50. The first-order chi connectivity index (χ1) is 12.7. The molecule has 26 heavy (non-hydrogen) atoms. The summed E-state index contributed by atoms with van der Waals surface area (Å²) in [6.07, 6.45) is 1.92. The molecule has 0 saturated carbocycles. The second-order valence-corrected chi connectivity index (χ2v) is 7.63. The van der Waals surface area contributed by atoms with E-state index in [1.165, 1.54) is 17.4 Å². The van der Waals surface area contributed by atoms with E-state index in [0.717, 1.165) is 37.0 Å². The van der Waals surface area contributed by atoms with E-state index in [9.17, 15) is 4.79 Å². The zero-order valence-electron chi connectivity index (χ0n) is 14.7. The van der Waals surface area contributed by atoms with Crippen LogP contribution < -0.4 is 4.90 Å². The number of amides is 1. The summed E-state index contributed by atoms with van der Waals surface area (Å²) < 4.78 is 1.92. The van der Waals surface area contributed by atoms with E-state index in [4.69, 9.17) is 0 Å². The Kier molecular flexibility index (Phi) is 4.79. The molecule has 1 fully saturated rings. The van der Waals surface area contributed by atoms with Crippen molar-refractivity contribution in [3.05, 3.63) is 54.7 Å². The van der Waals surface area contributed by atoms with Gasteiger partial charge in [0.25, 0.3) is 0 Å². The van der Waals surface area contributed by atoms with Crippen LogP contribution in [-0.4, -0.2) is 56.8 Å². The first-order valence-corrected chi connectivity index (χ1v) is 9.65. The largest absolute Gasteiger partial charge is 0.368 e. The Morgan fingerprint density at radius 1 is 1.00 bits per heavy atom.